The Kier molecular flexibility index (Phi) is 7.40. The van der Waals surface area contributed by atoms with E-state index in [1.165, 1.54) is 16.0 Å². The summed E-state index contributed by atoms with van der Waals surface area (Å²) in [5, 5.41) is 7.80. The molecule has 2 N–H and O–H groups in total. The highest BCUT2D eigenvalue weighted by Crippen LogP contribution is 2.16. The monoisotopic (exact) mass is 360 g/mol. The fraction of sp³-hybridized carbons (Fsp3) is 0.474. The molecule has 0 aliphatic rings. The Morgan fingerprint density at radius 3 is 2.56 bits per heavy atom. The Morgan fingerprint density at radius 1 is 1.20 bits per heavy atom. The molecule has 0 saturated carbocycles. The summed E-state index contributed by atoms with van der Waals surface area (Å²) in [6.07, 6.45) is 0.239. The van der Waals surface area contributed by atoms with Gasteiger partial charge in [-0.2, -0.15) is 0 Å². The number of ether oxygens (including phenoxy) is 1. The molecule has 25 heavy (non-hydrogen) atoms. The number of aryl methyl sites for hydroxylation is 2. The van der Waals surface area contributed by atoms with Gasteiger partial charge in [0.05, 0.1) is 30.0 Å². The van der Waals surface area contributed by atoms with E-state index in [4.69, 9.17) is 4.74 Å². The predicted molar refractivity (Wildman–Crippen MR) is 105 cm³/mol. The topological polar surface area (TPSA) is 58.5 Å². The maximum absolute atomic E-state index is 5.67. The van der Waals surface area contributed by atoms with Gasteiger partial charge in [-0.05, 0) is 38.8 Å². The number of rotatable bonds is 7. The standard InChI is InChI=1S/C19H28N4OS/c1-13(2)24-12-17-8-6-7-16(9-17)10-21-19(20-5)22-11-18-14(3)23-15(4)25-18/h6-9,13H,10-12H2,1-5H3,(H2,20,21,22). The van der Waals surface area contributed by atoms with Gasteiger partial charge in [0.15, 0.2) is 5.96 Å². The summed E-state index contributed by atoms with van der Waals surface area (Å²) >= 11 is 1.72. The lowest BCUT2D eigenvalue weighted by Gasteiger charge is -2.13. The second-order valence-corrected chi connectivity index (χ2v) is 7.49. The Morgan fingerprint density at radius 2 is 1.92 bits per heavy atom. The highest BCUT2D eigenvalue weighted by Gasteiger charge is 2.06. The molecule has 1 aromatic carbocycles. The van der Waals surface area contributed by atoms with E-state index < -0.39 is 0 Å². The Hall–Kier alpha value is -1.92. The van der Waals surface area contributed by atoms with Crippen LogP contribution in [0.1, 0.15) is 40.6 Å². The molecule has 0 bridgehead atoms. The molecule has 0 amide bonds. The van der Waals surface area contributed by atoms with Crippen LogP contribution >= 0.6 is 11.3 Å². The van der Waals surface area contributed by atoms with E-state index in [1.807, 2.05) is 27.7 Å². The third-order valence-corrected chi connectivity index (χ3v) is 4.75. The van der Waals surface area contributed by atoms with Gasteiger partial charge in [0.2, 0.25) is 0 Å². The number of aliphatic imine (C=N–C) groups is 1. The molecule has 0 atom stereocenters. The van der Waals surface area contributed by atoms with Crippen LogP contribution in [0.15, 0.2) is 29.3 Å². The van der Waals surface area contributed by atoms with Crippen molar-refractivity contribution >= 4 is 17.3 Å². The smallest absolute Gasteiger partial charge is 0.191 e. The zero-order valence-corrected chi connectivity index (χ0v) is 16.5. The summed E-state index contributed by atoms with van der Waals surface area (Å²) in [7, 11) is 1.78. The zero-order chi connectivity index (χ0) is 18.2. The highest BCUT2D eigenvalue weighted by molar-refractivity contribution is 7.11. The molecule has 0 aliphatic heterocycles. The van der Waals surface area contributed by atoms with Crippen molar-refractivity contribution in [3.63, 3.8) is 0 Å². The number of guanidine groups is 1. The summed E-state index contributed by atoms with van der Waals surface area (Å²) in [4.78, 5) is 9.99. The van der Waals surface area contributed by atoms with Gasteiger partial charge in [0, 0.05) is 18.5 Å². The van der Waals surface area contributed by atoms with Crippen LogP contribution < -0.4 is 10.6 Å². The normalized spacial score (nSPS) is 11.8. The van der Waals surface area contributed by atoms with E-state index >= 15 is 0 Å². The minimum atomic E-state index is 0.239. The lowest BCUT2D eigenvalue weighted by atomic mass is 10.1. The van der Waals surface area contributed by atoms with Gasteiger partial charge in [0.25, 0.3) is 0 Å². The number of nitrogens with zero attached hydrogens (tertiary/aromatic N) is 2. The van der Waals surface area contributed by atoms with Crippen LogP contribution in [0, 0.1) is 13.8 Å². The Labute approximate surface area is 154 Å². The van der Waals surface area contributed by atoms with E-state index in [2.05, 4.69) is 44.9 Å². The second-order valence-electron chi connectivity index (χ2n) is 6.20. The van der Waals surface area contributed by atoms with Crippen LogP contribution in [0.3, 0.4) is 0 Å². The molecule has 0 aliphatic carbocycles. The predicted octanol–water partition coefficient (Wildman–Crippen LogP) is 3.55. The van der Waals surface area contributed by atoms with E-state index in [9.17, 15) is 0 Å². The first-order valence-electron chi connectivity index (χ1n) is 8.54. The van der Waals surface area contributed by atoms with E-state index in [0.717, 1.165) is 29.8 Å². The van der Waals surface area contributed by atoms with Gasteiger partial charge < -0.3 is 15.4 Å². The third kappa shape index (κ3) is 6.48. The van der Waals surface area contributed by atoms with Gasteiger partial charge >= 0.3 is 0 Å². The molecule has 1 heterocycles. The van der Waals surface area contributed by atoms with Gasteiger partial charge in [0.1, 0.15) is 0 Å². The van der Waals surface area contributed by atoms with Crippen LogP contribution in [-0.2, 0) is 24.4 Å². The highest BCUT2D eigenvalue weighted by atomic mass is 32.1. The van der Waals surface area contributed by atoms with Crippen molar-refractivity contribution in [2.45, 2.75) is 53.5 Å². The molecule has 0 saturated heterocycles. The van der Waals surface area contributed by atoms with Crippen molar-refractivity contribution in [2.24, 2.45) is 4.99 Å². The first-order chi connectivity index (χ1) is 12.0. The van der Waals surface area contributed by atoms with E-state index in [0.29, 0.717) is 6.61 Å². The van der Waals surface area contributed by atoms with Crippen LogP contribution in [0.2, 0.25) is 0 Å². The number of thiazole rings is 1. The summed E-state index contributed by atoms with van der Waals surface area (Å²) in [5.41, 5.74) is 3.48. The maximum atomic E-state index is 5.67. The minimum Gasteiger partial charge on any atom is -0.374 e. The van der Waals surface area contributed by atoms with Gasteiger partial charge in [-0.3, -0.25) is 4.99 Å². The lowest BCUT2D eigenvalue weighted by molar-refractivity contribution is 0.0657. The fourth-order valence-electron chi connectivity index (χ4n) is 2.40. The van der Waals surface area contributed by atoms with Crippen LogP contribution in [-0.4, -0.2) is 24.1 Å². The molecule has 0 unspecified atom stereocenters. The number of aromatic nitrogens is 1. The van der Waals surface area contributed by atoms with Crippen LogP contribution in [0.5, 0.6) is 0 Å². The number of nitrogens with one attached hydrogen (secondary N) is 2. The number of hydrogen-bond acceptors (Lipinski definition) is 4. The van der Waals surface area contributed by atoms with Crippen molar-refractivity contribution in [2.75, 3.05) is 7.05 Å². The summed E-state index contributed by atoms with van der Waals surface area (Å²) in [6, 6.07) is 8.43. The van der Waals surface area contributed by atoms with Gasteiger partial charge in [-0.1, -0.05) is 24.3 Å². The minimum absolute atomic E-state index is 0.239. The molecule has 1 aromatic heterocycles. The quantitative estimate of drug-likeness (QED) is 0.586. The maximum Gasteiger partial charge on any atom is 0.191 e. The lowest BCUT2D eigenvalue weighted by Crippen LogP contribution is -2.36. The van der Waals surface area contributed by atoms with Crippen molar-refractivity contribution in [3.05, 3.63) is 51.0 Å². The van der Waals surface area contributed by atoms with Crippen molar-refractivity contribution in [3.8, 4) is 0 Å². The second kappa shape index (κ2) is 9.53. The van der Waals surface area contributed by atoms with E-state index in [1.54, 1.807) is 18.4 Å². The molecule has 6 heteroatoms. The van der Waals surface area contributed by atoms with Crippen molar-refractivity contribution in [1.29, 1.82) is 0 Å². The SMILES string of the molecule is CN=C(NCc1cccc(COC(C)C)c1)NCc1sc(C)nc1C. The molecule has 0 spiro atoms. The average molecular weight is 361 g/mol. The van der Waals surface area contributed by atoms with Crippen LogP contribution in [0.4, 0.5) is 0 Å². The van der Waals surface area contributed by atoms with Gasteiger partial charge in [-0.25, -0.2) is 4.98 Å². The molecule has 5 nitrogen and oxygen atoms in total. The molecule has 2 aromatic rings. The van der Waals surface area contributed by atoms with Crippen molar-refractivity contribution in [1.82, 2.24) is 15.6 Å². The number of hydrogen-bond donors (Lipinski definition) is 2. The third-order valence-electron chi connectivity index (χ3n) is 3.67. The Bertz CT molecular complexity index is 709. The van der Waals surface area contributed by atoms with Crippen molar-refractivity contribution < 1.29 is 4.74 Å². The molecular formula is C19H28N4OS. The van der Waals surface area contributed by atoms with Crippen LogP contribution in [0.25, 0.3) is 0 Å². The zero-order valence-electron chi connectivity index (χ0n) is 15.7. The molecule has 136 valence electrons. The number of benzene rings is 1. The fourth-order valence-corrected chi connectivity index (χ4v) is 3.28. The first-order valence-corrected chi connectivity index (χ1v) is 9.36. The summed E-state index contributed by atoms with van der Waals surface area (Å²) < 4.78 is 5.67. The molecule has 0 radical (unpaired) electrons. The molecule has 2 rings (SSSR count). The Balaban J connectivity index is 1.86. The first kappa shape index (κ1) is 19.4. The average Bonchev–Trinajstić information content (AvgIpc) is 2.91. The summed E-state index contributed by atoms with van der Waals surface area (Å²) in [6.45, 7) is 10.3. The van der Waals surface area contributed by atoms with E-state index in [-0.39, 0.29) is 6.10 Å². The largest absolute Gasteiger partial charge is 0.374 e. The summed E-state index contributed by atoms with van der Waals surface area (Å²) in [5.74, 6) is 0.786. The molecule has 0 fully saturated rings. The molecular weight excluding hydrogens is 332 g/mol. The van der Waals surface area contributed by atoms with Gasteiger partial charge in [-0.15, -0.1) is 11.3 Å².